The fourth-order valence-electron chi connectivity index (χ4n) is 1.14. The molecule has 0 bridgehead atoms. The zero-order chi connectivity index (χ0) is 12.1. The molecular weight excluding hydrogens is 208 g/mol. The zero-order valence-electron chi connectivity index (χ0n) is 9.23. The molecule has 86 valence electrons. The first kappa shape index (κ1) is 12.2. The lowest BCUT2D eigenvalue weighted by atomic mass is 10.2. The van der Waals surface area contributed by atoms with Crippen molar-refractivity contribution in [2.45, 2.75) is 26.3 Å². The molecule has 0 aliphatic rings. The van der Waals surface area contributed by atoms with Gasteiger partial charge in [-0.15, -0.1) is 0 Å². The molecule has 1 heterocycles. The number of amides is 1. The van der Waals surface area contributed by atoms with Crippen LogP contribution in [0.5, 0.6) is 0 Å². The van der Waals surface area contributed by atoms with Crippen LogP contribution < -0.4 is 5.32 Å². The average molecular weight is 222 g/mol. The Morgan fingerprint density at radius 3 is 2.69 bits per heavy atom. The number of carboxylic acids is 1. The molecular formula is C11H14N2O3. The maximum atomic E-state index is 11.4. The van der Waals surface area contributed by atoms with Gasteiger partial charge < -0.3 is 10.4 Å². The van der Waals surface area contributed by atoms with Gasteiger partial charge >= 0.3 is 5.97 Å². The van der Waals surface area contributed by atoms with Gasteiger partial charge in [0.05, 0.1) is 6.42 Å². The number of aryl methyl sites for hydroxylation is 1. The molecule has 0 radical (unpaired) electrons. The van der Waals surface area contributed by atoms with Gasteiger partial charge in [0.1, 0.15) is 6.04 Å². The highest BCUT2D eigenvalue weighted by atomic mass is 16.4. The van der Waals surface area contributed by atoms with Crippen molar-refractivity contribution < 1.29 is 14.7 Å². The molecule has 0 fully saturated rings. The second-order valence-electron chi connectivity index (χ2n) is 3.61. The van der Waals surface area contributed by atoms with E-state index < -0.39 is 12.0 Å². The molecule has 1 rings (SSSR count). The van der Waals surface area contributed by atoms with Crippen LogP contribution in [0, 0.1) is 6.92 Å². The Labute approximate surface area is 93.5 Å². The Kier molecular flexibility index (Phi) is 3.99. The Balaban J connectivity index is 2.52. The van der Waals surface area contributed by atoms with Gasteiger partial charge in [-0.2, -0.15) is 0 Å². The molecule has 0 unspecified atom stereocenters. The van der Waals surface area contributed by atoms with Crippen LogP contribution in [-0.2, 0) is 16.0 Å². The molecule has 5 heteroatoms. The summed E-state index contributed by atoms with van der Waals surface area (Å²) in [7, 11) is 0. The molecule has 0 saturated carbocycles. The van der Waals surface area contributed by atoms with Crippen molar-refractivity contribution >= 4 is 11.9 Å². The van der Waals surface area contributed by atoms with Crippen molar-refractivity contribution in [1.82, 2.24) is 10.3 Å². The average Bonchev–Trinajstić information content (AvgIpc) is 2.21. The maximum absolute atomic E-state index is 11.4. The number of nitrogens with zero attached hydrogens (tertiary/aromatic N) is 1. The zero-order valence-corrected chi connectivity index (χ0v) is 9.23. The van der Waals surface area contributed by atoms with E-state index in [0.29, 0.717) is 0 Å². The Bertz CT molecular complexity index is 387. The van der Waals surface area contributed by atoms with Crippen molar-refractivity contribution in [3.8, 4) is 0 Å². The summed E-state index contributed by atoms with van der Waals surface area (Å²) in [6.45, 7) is 3.28. The molecule has 1 amide bonds. The number of aromatic nitrogens is 1. The van der Waals surface area contributed by atoms with E-state index in [1.807, 2.05) is 13.0 Å². The molecule has 1 aromatic rings. The highest BCUT2D eigenvalue weighted by Crippen LogP contribution is 2.00. The van der Waals surface area contributed by atoms with Crippen LogP contribution in [0.15, 0.2) is 18.3 Å². The van der Waals surface area contributed by atoms with Gasteiger partial charge in [0, 0.05) is 11.9 Å². The number of aliphatic carboxylic acids is 1. The van der Waals surface area contributed by atoms with E-state index in [-0.39, 0.29) is 12.3 Å². The lowest BCUT2D eigenvalue weighted by Crippen LogP contribution is -2.39. The number of hydrogen-bond donors (Lipinski definition) is 2. The summed E-state index contributed by atoms with van der Waals surface area (Å²) in [4.78, 5) is 26.0. The van der Waals surface area contributed by atoms with Crippen LogP contribution in [0.25, 0.3) is 0 Å². The maximum Gasteiger partial charge on any atom is 0.325 e. The predicted molar refractivity (Wildman–Crippen MR) is 57.9 cm³/mol. The van der Waals surface area contributed by atoms with Gasteiger partial charge in [0.15, 0.2) is 0 Å². The summed E-state index contributed by atoms with van der Waals surface area (Å²) >= 11 is 0. The minimum atomic E-state index is -1.05. The predicted octanol–water partition coefficient (Wildman–Crippen LogP) is 0.522. The van der Waals surface area contributed by atoms with E-state index in [9.17, 15) is 9.59 Å². The number of hydrogen-bond acceptors (Lipinski definition) is 3. The second-order valence-corrected chi connectivity index (χ2v) is 3.61. The van der Waals surface area contributed by atoms with Crippen LogP contribution in [0.3, 0.4) is 0 Å². The van der Waals surface area contributed by atoms with Gasteiger partial charge in [-0.25, -0.2) is 0 Å². The molecule has 2 N–H and O–H groups in total. The molecule has 16 heavy (non-hydrogen) atoms. The SMILES string of the molecule is Cc1ccc(CC(=O)N[C@@H](C)C(=O)O)cn1. The van der Waals surface area contributed by atoms with Crippen molar-refractivity contribution in [2.24, 2.45) is 0 Å². The van der Waals surface area contributed by atoms with Gasteiger partial charge in [-0.3, -0.25) is 14.6 Å². The molecule has 0 saturated heterocycles. The summed E-state index contributed by atoms with van der Waals surface area (Å²) < 4.78 is 0. The van der Waals surface area contributed by atoms with Gasteiger partial charge in [-0.05, 0) is 25.5 Å². The largest absolute Gasteiger partial charge is 0.480 e. The lowest BCUT2D eigenvalue weighted by molar-refractivity contribution is -0.141. The Morgan fingerprint density at radius 1 is 1.50 bits per heavy atom. The van der Waals surface area contributed by atoms with Gasteiger partial charge in [0.2, 0.25) is 5.91 Å². The normalized spacial score (nSPS) is 11.9. The highest BCUT2D eigenvalue weighted by Gasteiger charge is 2.13. The lowest BCUT2D eigenvalue weighted by Gasteiger charge is -2.08. The number of carboxylic acid groups (broad SMARTS) is 1. The van der Waals surface area contributed by atoms with Crippen molar-refractivity contribution in [1.29, 1.82) is 0 Å². The quantitative estimate of drug-likeness (QED) is 0.778. The number of nitrogens with one attached hydrogen (secondary N) is 1. The third kappa shape index (κ3) is 3.68. The van der Waals surface area contributed by atoms with Gasteiger partial charge in [-0.1, -0.05) is 6.07 Å². The first-order chi connectivity index (χ1) is 7.49. The third-order valence-corrected chi connectivity index (χ3v) is 2.09. The summed E-state index contributed by atoms with van der Waals surface area (Å²) in [6.07, 6.45) is 1.76. The minimum Gasteiger partial charge on any atom is -0.480 e. The molecule has 5 nitrogen and oxygen atoms in total. The van der Waals surface area contributed by atoms with Crippen LogP contribution >= 0.6 is 0 Å². The summed E-state index contributed by atoms with van der Waals surface area (Å²) in [5, 5.41) is 11.0. The summed E-state index contributed by atoms with van der Waals surface area (Å²) in [6, 6.07) is 2.74. The topological polar surface area (TPSA) is 79.3 Å². The molecule has 1 aromatic heterocycles. The molecule has 0 aliphatic heterocycles. The number of carbonyl (C=O) groups is 2. The van der Waals surface area contributed by atoms with Crippen LogP contribution in [0.4, 0.5) is 0 Å². The van der Waals surface area contributed by atoms with Crippen molar-refractivity contribution in [3.63, 3.8) is 0 Å². The van der Waals surface area contributed by atoms with E-state index in [0.717, 1.165) is 11.3 Å². The first-order valence-corrected chi connectivity index (χ1v) is 4.92. The van der Waals surface area contributed by atoms with Crippen molar-refractivity contribution in [3.05, 3.63) is 29.6 Å². The minimum absolute atomic E-state index is 0.144. The standard InChI is InChI=1S/C11H14N2O3/c1-7-3-4-9(6-12-7)5-10(14)13-8(2)11(15)16/h3-4,6,8H,5H2,1-2H3,(H,13,14)(H,15,16)/t8-/m0/s1. The number of pyridine rings is 1. The monoisotopic (exact) mass is 222 g/mol. The van der Waals surface area contributed by atoms with Crippen LogP contribution in [0.1, 0.15) is 18.2 Å². The Hall–Kier alpha value is -1.91. The summed E-state index contributed by atoms with van der Waals surface area (Å²) in [5.74, 6) is -1.36. The second kappa shape index (κ2) is 5.25. The Morgan fingerprint density at radius 2 is 2.19 bits per heavy atom. The molecule has 0 spiro atoms. The molecule has 1 atom stereocenters. The van der Waals surface area contributed by atoms with E-state index in [1.54, 1.807) is 12.3 Å². The van der Waals surface area contributed by atoms with E-state index >= 15 is 0 Å². The van der Waals surface area contributed by atoms with Gasteiger partial charge in [0.25, 0.3) is 0 Å². The number of carbonyl (C=O) groups excluding carboxylic acids is 1. The molecule has 0 aromatic carbocycles. The van der Waals surface area contributed by atoms with Crippen LogP contribution in [0.2, 0.25) is 0 Å². The van der Waals surface area contributed by atoms with Crippen LogP contribution in [-0.4, -0.2) is 28.0 Å². The third-order valence-electron chi connectivity index (χ3n) is 2.09. The highest BCUT2D eigenvalue weighted by molar-refractivity contribution is 5.84. The van der Waals surface area contributed by atoms with E-state index in [4.69, 9.17) is 5.11 Å². The first-order valence-electron chi connectivity index (χ1n) is 4.92. The summed E-state index contributed by atoms with van der Waals surface area (Å²) in [5.41, 5.74) is 1.64. The fourth-order valence-corrected chi connectivity index (χ4v) is 1.14. The smallest absolute Gasteiger partial charge is 0.325 e. The van der Waals surface area contributed by atoms with E-state index in [1.165, 1.54) is 6.92 Å². The number of rotatable bonds is 4. The fraction of sp³-hybridized carbons (Fsp3) is 0.364. The molecule has 0 aliphatic carbocycles. The van der Waals surface area contributed by atoms with E-state index in [2.05, 4.69) is 10.3 Å². The van der Waals surface area contributed by atoms with Crippen molar-refractivity contribution in [2.75, 3.05) is 0 Å².